The van der Waals surface area contributed by atoms with Crippen LogP contribution in [0, 0.1) is 36.5 Å². The number of rotatable bonds is 4. The molecule has 7 bridgehead atoms. The molecule has 2 saturated heterocycles. The van der Waals surface area contributed by atoms with Crippen LogP contribution >= 0.6 is 0 Å². The molecular formula is C52H72N4O13. The number of aromatic hydroxyl groups is 3. The van der Waals surface area contributed by atoms with Crippen molar-refractivity contribution in [1.29, 1.82) is 0 Å². The van der Waals surface area contributed by atoms with Gasteiger partial charge < -0.3 is 59.4 Å². The lowest BCUT2D eigenvalue weighted by atomic mass is 9.78. The molecule has 6 N–H and O–H groups in total. The molecule has 7 aliphatic rings. The average Bonchev–Trinajstić information content (AvgIpc) is 3.57. The van der Waals surface area contributed by atoms with Gasteiger partial charge in [-0.05, 0) is 53.7 Å². The Hall–Kier alpha value is -5.46. The molecule has 1 aliphatic carbocycles. The number of hydrogen-bond acceptors (Lipinski definition) is 16. The van der Waals surface area contributed by atoms with Crippen LogP contribution < -0.4 is 10.1 Å². The van der Waals surface area contributed by atoms with Crippen LogP contribution in [0.3, 0.4) is 0 Å². The molecular weight excluding hydrogens is 889 g/mol. The van der Waals surface area contributed by atoms with Crippen LogP contribution in [0.1, 0.15) is 96.6 Å². The summed E-state index contributed by atoms with van der Waals surface area (Å²) in [5.41, 5.74) is -0.241. The number of esters is 1. The minimum Gasteiger partial charge on any atom is -0.507 e. The maximum Gasteiger partial charge on any atom is 0.312 e. The van der Waals surface area contributed by atoms with Crippen molar-refractivity contribution in [2.24, 2.45) is 34.7 Å². The van der Waals surface area contributed by atoms with Crippen molar-refractivity contribution in [2.75, 3.05) is 45.7 Å². The molecule has 2 aromatic rings. The van der Waals surface area contributed by atoms with Gasteiger partial charge in [-0.25, -0.2) is 0 Å². The molecule has 2 aromatic carbocycles. The number of hydrogen-bond donors (Lipinski definition) is 6. The molecule has 9 rings (SSSR count). The highest BCUT2D eigenvalue weighted by atomic mass is 16.7. The first kappa shape index (κ1) is 52.9. The van der Waals surface area contributed by atoms with Gasteiger partial charge in [0, 0.05) is 93.2 Å². The first-order chi connectivity index (χ1) is 32.4. The second-order valence-corrected chi connectivity index (χ2v) is 19.9. The number of phenols is 3. The summed E-state index contributed by atoms with van der Waals surface area (Å²) in [4.78, 5) is 42.6. The predicted molar refractivity (Wildman–Crippen MR) is 261 cm³/mol. The number of anilines is 1. The molecule has 6 aliphatic heterocycles. The number of likely N-dealkylation sites (N-methyl/N-ethyl adjacent to an activating group) is 1. The summed E-state index contributed by atoms with van der Waals surface area (Å²) in [5, 5.41) is 66.8. The fourth-order valence-corrected chi connectivity index (χ4v) is 9.87. The molecule has 17 heteroatoms. The Balaban J connectivity index is 0.000000686. The second-order valence-electron chi connectivity index (χ2n) is 19.9. The number of ketones is 1. The van der Waals surface area contributed by atoms with E-state index >= 15 is 0 Å². The standard InChI is InChI=1S/C43H58N4O12.C9H14O/c1-21-12-11-13-22(2)42(55)45-33-28(20-44-47-17-15-46(9)16-18-47)37(52)30-31(38(33)53)36(51)26(6)40-32(30)41(54)43(8,59-40)57-19-14-29(56-10)23(3)39(58-27(7)48)25(5)35(50)24(4)34(21)49;1-9(2)7-3-5-8(10-9)6-4-7/h11-14,19-21,23-25,29,34-35,39,49-53H,15-18H2,1-10H3,(H,45,55);3,5,7-8H,4,6H2,1-2H3/b12-11+,19-14+,22-13-,44-20+;/t21-,23+,24+,25+,29-,34-,35+,39+,43-;/m0./s1. The normalized spacial score (nSPS) is 33.5. The monoisotopic (exact) mass is 961 g/mol. The van der Waals surface area contributed by atoms with E-state index in [0.717, 1.165) is 13.1 Å². The number of ether oxygens (including phenoxy) is 5. The van der Waals surface area contributed by atoms with Crippen LogP contribution in [0.25, 0.3) is 10.8 Å². The number of methoxy groups -OCH3 is 1. The zero-order valence-corrected chi connectivity index (χ0v) is 42.0. The van der Waals surface area contributed by atoms with E-state index in [1.807, 2.05) is 7.05 Å². The molecule has 0 aromatic heterocycles. The van der Waals surface area contributed by atoms with Crippen LogP contribution in [0.4, 0.5) is 5.69 Å². The Labute approximate surface area is 405 Å². The summed E-state index contributed by atoms with van der Waals surface area (Å²) in [5.74, 6) is -7.68. The van der Waals surface area contributed by atoms with Crippen molar-refractivity contribution in [3.63, 3.8) is 0 Å². The Morgan fingerprint density at radius 2 is 1.57 bits per heavy atom. The Bertz CT molecular complexity index is 2420. The molecule has 0 radical (unpaired) electrons. The smallest absolute Gasteiger partial charge is 0.312 e. The number of allylic oxidation sites excluding steroid dienone is 2. The maximum atomic E-state index is 14.4. The number of carbonyl (C=O) groups is 3. The topological polar surface area (TPSA) is 229 Å². The number of nitrogens with one attached hydrogen (secondary N) is 1. The van der Waals surface area contributed by atoms with E-state index in [-0.39, 0.29) is 50.1 Å². The van der Waals surface area contributed by atoms with E-state index in [2.05, 4.69) is 41.3 Å². The SMILES string of the molecule is CC1(C)OC2C=CC1CC2.CO[C@H]1/C=C/O[C@@]2(C)Oc3c(C)c(O)c4c(O)c(c(/C=N/N5CCN(C)CC5)c(O)c4c3C2=O)NC(=O)/C(C)=C\C=C\[C@H](C)[C@H](O)[C@@H](C)[C@@H](O)[C@@H](C)[C@H](OC(C)=O)[C@@H]1C. The van der Waals surface area contributed by atoms with Gasteiger partial charge in [0.25, 0.3) is 11.7 Å². The number of piperazine rings is 1. The van der Waals surface area contributed by atoms with Gasteiger partial charge in [0.15, 0.2) is 5.75 Å². The van der Waals surface area contributed by atoms with Gasteiger partial charge in [-0.15, -0.1) is 0 Å². The molecule has 17 nitrogen and oxygen atoms in total. The summed E-state index contributed by atoms with van der Waals surface area (Å²) >= 11 is 0. The van der Waals surface area contributed by atoms with Crippen molar-refractivity contribution in [3.05, 3.63) is 65.0 Å². The molecule has 0 saturated carbocycles. The largest absolute Gasteiger partial charge is 0.507 e. The summed E-state index contributed by atoms with van der Waals surface area (Å²) in [6.07, 6.45) is 12.3. The lowest BCUT2D eigenvalue weighted by Crippen LogP contribution is -2.46. The summed E-state index contributed by atoms with van der Waals surface area (Å²) < 4.78 is 29.4. The average molecular weight is 961 g/mol. The summed E-state index contributed by atoms with van der Waals surface area (Å²) in [6.45, 7) is 19.5. The van der Waals surface area contributed by atoms with E-state index in [0.29, 0.717) is 25.1 Å². The number of fused-ring (bicyclic) bond motifs is 16. The first-order valence-electron chi connectivity index (χ1n) is 23.8. The van der Waals surface area contributed by atoms with Crippen LogP contribution in [0.15, 0.2) is 53.4 Å². The third-order valence-electron chi connectivity index (χ3n) is 14.5. The fourth-order valence-electron chi connectivity index (χ4n) is 9.87. The van der Waals surface area contributed by atoms with Gasteiger partial charge in [0.1, 0.15) is 23.4 Å². The quantitative estimate of drug-likeness (QED) is 0.0635. The van der Waals surface area contributed by atoms with Gasteiger partial charge in [0.2, 0.25) is 0 Å². The van der Waals surface area contributed by atoms with Gasteiger partial charge in [-0.3, -0.25) is 19.4 Å². The second kappa shape index (κ2) is 21.3. The number of aliphatic hydroxyl groups is 2. The molecule has 69 heavy (non-hydrogen) atoms. The number of aliphatic hydroxyl groups excluding tert-OH is 2. The fraction of sp³-hybridized carbons (Fsp3) is 0.577. The van der Waals surface area contributed by atoms with Gasteiger partial charge in [0.05, 0.1) is 64.7 Å². The first-order valence-corrected chi connectivity index (χ1v) is 23.8. The number of nitrogens with zero attached hydrogens (tertiary/aromatic N) is 3. The van der Waals surface area contributed by atoms with Crippen LogP contribution in [0.2, 0.25) is 0 Å². The molecule has 1 amide bonds. The van der Waals surface area contributed by atoms with E-state index in [1.54, 1.807) is 44.9 Å². The number of hydrazone groups is 1. The van der Waals surface area contributed by atoms with Crippen LogP contribution in [-0.2, 0) is 28.5 Å². The highest BCUT2D eigenvalue weighted by Crippen LogP contribution is 2.55. The third-order valence-corrected chi connectivity index (χ3v) is 14.5. The lowest BCUT2D eigenvalue weighted by Gasteiger charge is -2.44. The molecule has 2 unspecified atom stereocenters. The molecule has 2 fully saturated rings. The number of Topliss-reactive ketones (excluding diaryl/α,β-unsaturated/α-hetero) is 1. The lowest BCUT2D eigenvalue weighted by molar-refractivity contribution is -0.160. The maximum absolute atomic E-state index is 14.4. The predicted octanol–water partition coefficient (Wildman–Crippen LogP) is 6.47. The van der Waals surface area contributed by atoms with E-state index in [4.69, 9.17) is 23.7 Å². The number of phenolic OH excluding ortho intramolecular Hbond substituents is 3. The van der Waals surface area contributed by atoms with Crippen molar-refractivity contribution in [2.45, 2.75) is 124 Å². The Morgan fingerprint density at radius 1 is 0.884 bits per heavy atom. The van der Waals surface area contributed by atoms with E-state index in [9.17, 15) is 39.9 Å². The van der Waals surface area contributed by atoms with Gasteiger partial charge in [-0.2, -0.15) is 5.10 Å². The summed E-state index contributed by atoms with van der Waals surface area (Å²) in [6, 6.07) is 0. The van der Waals surface area contributed by atoms with E-state index < -0.39 is 88.8 Å². The van der Waals surface area contributed by atoms with Crippen LogP contribution in [-0.4, -0.2) is 142 Å². The number of carbonyl (C=O) groups excluding carboxylic acids is 3. The molecule has 0 spiro atoms. The highest BCUT2D eigenvalue weighted by Gasteiger charge is 2.50. The van der Waals surface area contributed by atoms with Crippen molar-refractivity contribution in [1.82, 2.24) is 9.91 Å². The summed E-state index contributed by atoms with van der Waals surface area (Å²) in [7, 11) is 3.42. The van der Waals surface area contributed by atoms with Crippen molar-refractivity contribution >= 4 is 40.3 Å². The van der Waals surface area contributed by atoms with E-state index in [1.165, 1.54) is 72.3 Å². The number of benzene rings is 2. The zero-order chi connectivity index (χ0) is 50.9. The Kier molecular flexibility index (Phi) is 16.3. The van der Waals surface area contributed by atoms with Crippen LogP contribution in [0.5, 0.6) is 23.0 Å². The third kappa shape index (κ3) is 11.0. The molecule has 11 atom stereocenters. The Morgan fingerprint density at radius 3 is 2.13 bits per heavy atom. The highest BCUT2D eigenvalue weighted by molar-refractivity contribution is 6.23. The minimum atomic E-state index is -2.04. The zero-order valence-electron chi connectivity index (χ0n) is 42.0. The number of amides is 1. The minimum absolute atomic E-state index is 0.0559. The molecule has 6 heterocycles. The molecule has 378 valence electrons. The van der Waals surface area contributed by atoms with Gasteiger partial charge in [-0.1, -0.05) is 58.1 Å². The van der Waals surface area contributed by atoms with Crippen molar-refractivity contribution in [3.8, 4) is 23.0 Å². The van der Waals surface area contributed by atoms with Gasteiger partial charge >= 0.3 is 11.8 Å². The van der Waals surface area contributed by atoms with Crippen molar-refractivity contribution < 1.29 is 63.6 Å².